The number of rotatable bonds is 3. The lowest BCUT2D eigenvalue weighted by atomic mass is 10.0. The van der Waals surface area contributed by atoms with E-state index in [1.165, 1.54) is 7.11 Å². The minimum Gasteiger partial charge on any atom is -0.453 e. The second kappa shape index (κ2) is 8.00. The summed E-state index contributed by atoms with van der Waals surface area (Å²) in [5, 5.41) is 0. The molecular weight excluding hydrogens is 362 g/mol. The second-order valence-electron chi connectivity index (χ2n) is 7.35. The van der Waals surface area contributed by atoms with Crippen molar-refractivity contribution in [1.82, 2.24) is 14.7 Å². The van der Waals surface area contributed by atoms with Crippen LogP contribution in [-0.4, -0.2) is 77.8 Å². The highest BCUT2D eigenvalue weighted by Gasteiger charge is 2.45. The van der Waals surface area contributed by atoms with E-state index in [0.717, 1.165) is 4.90 Å². The third-order valence-corrected chi connectivity index (χ3v) is 5.23. The minimum atomic E-state index is -0.878. The van der Waals surface area contributed by atoms with Gasteiger partial charge >= 0.3 is 6.09 Å². The second-order valence-corrected chi connectivity index (χ2v) is 7.35. The molecular formula is C20H25N3O5. The first-order chi connectivity index (χ1) is 13.4. The van der Waals surface area contributed by atoms with Crippen molar-refractivity contribution in [2.24, 2.45) is 5.92 Å². The summed E-state index contributed by atoms with van der Waals surface area (Å²) in [6.45, 7) is 5.29. The fraction of sp³-hybridized carbons (Fsp3) is 0.500. The molecule has 2 heterocycles. The maximum atomic E-state index is 13.3. The molecule has 0 bridgehead atoms. The molecule has 0 radical (unpaired) electrons. The fourth-order valence-electron chi connectivity index (χ4n) is 3.79. The number of hydrogen-bond acceptors (Lipinski definition) is 5. The fourth-order valence-corrected chi connectivity index (χ4v) is 3.79. The Morgan fingerprint density at radius 1 is 0.929 bits per heavy atom. The van der Waals surface area contributed by atoms with Crippen molar-refractivity contribution >= 4 is 23.8 Å². The Bertz CT molecular complexity index is 772. The lowest BCUT2D eigenvalue weighted by molar-refractivity contribution is -0.136. The van der Waals surface area contributed by atoms with Gasteiger partial charge in [0.15, 0.2) is 0 Å². The summed E-state index contributed by atoms with van der Waals surface area (Å²) >= 11 is 0. The van der Waals surface area contributed by atoms with E-state index in [1.54, 1.807) is 34.1 Å². The van der Waals surface area contributed by atoms with E-state index in [2.05, 4.69) is 0 Å². The smallest absolute Gasteiger partial charge is 0.409 e. The van der Waals surface area contributed by atoms with Crippen LogP contribution in [0, 0.1) is 5.92 Å². The van der Waals surface area contributed by atoms with Gasteiger partial charge in [-0.05, 0) is 24.5 Å². The van der Waals surface area contributed by atoms with Crippen LogP contribution >= 0.6 is 0 Å². The number of methoxy groups -OCH3 is 1. The maximum absolute atomic E-state index is 13.3. The highest BCUT2D eigenvalue weighted by atomic mass is 16.5. The highest BCUT2D eigenvalue weighted by Crippen LogP contribution is 2.28. The number of carbonyl (C=O) groups excluding carboxylic acids is 4. The first-order valence-electron chi connectivity index (χ1n) is 9.45. The van der Waals surface area contributed by atoms with Gasteiger partial charge in [-0.25, -0.2) is 4.79 Å². The van der Waals surface area contributed by atoms with Gasteiger partial charge in [-0.15, -0.1) is 0 Å². The van der Waals surface area contributed by atoms with Crippen LogP contribution < -0.4 is 0 Å². The van der Waals surface area contributed by atoms with Gasteiger partial charge in [0.25, 0.3) is 11.8 Å². The summed E-state index contributed by atoms with van der Waals surface area (Å²) in [5.41, 5.74) is 0.664. The molecule has 150 valence electrons. The number of imide groups is 1. The van der Waals surface area contributed by atoms with Crippen LogP contribution in [0.3, 0.4) is 0 Å². The molecule has 1 aromatic rings. The number of carbonyl (C=O) groups is 4. The largest absolute Gasteiger partial charge is 0.453 e. The molecule has 2 aliphatic heterocycles. The topological polar surface area (TPSA) is 87.2 Å². The van der Waals surface area contributed by atoms with Crippen LogP contribution in [0.5, 0.6) is 0 Å². The summed E-state index contributed by atoms with van der Waals surface area (Å²) in [5.74, 6) is -1.37. The molecule has 8 heteroatoms. The van der Waals surface area contributed by atoms with Crippen LogP contribution in [-0.2, 0) is 9.53 Å². The van der Waals surface area contributed by atoms with Crippen molar-refractivity contribution in [1.29, 1.82) is 0 Å². The molecule has 1 unspecified atom stereocenters. The summed E-state index contributed by atoms with van der Waals surface area (Å²) < 4.78 is 4.76. The number of nitrogens with zero attached hydrogens (tertiary/aromatic N) is 3. The molecule has 1 atom stereocenters. The monoisotopic (exact) mass is 387 g/mol. The van der Waals surface area contributed by atoms with Crippen molar-refractivity contribution in [2.45, 2.75) is 26.3 Å². The zero-order valence-corrected chi connectivity index (χ0v) is 16.4. The molecule has 3 rings (SSSR count). The van der Waals surface area contributed by atoms with Gasteiger partial charge in [0.05, 0.1) is 18.2 Å². The Morgan fingerprint density at radius 2 is 1.46 bits per heavy atom. The van der Waals surface area contributed by atoms with E-state index in [1.807, 2.05) is 13.8 Å². The van der Waals surface area contributed by atoms with Gasteiger partial charge in [-0.3, -0.25) is 19.3 Å². The van der Waals surface area contributed by atoms with Crippen LogP contribution in [0.15, 0.2) is 24.3 Å². The maximum Gasteiger partial charge on any atom is 0.409 e. The first-order valence-corrected chi connectivity index (χ1v) is 9.45. The van der Waals surface area contributed by atoms with Crippen LogP contribution in [0.25, 0.3) is 0 Å². The summed E-state index contributed by atoms with van der Waals surface area (Å²) in [7, 11) is 1.33. The zero-order chi connectivity index (χ0) is 20.4. The van der Waals surface area contributed by atoms with Gasteiger partial charge in [0.2, 0.25) is 5.91 Å². The van der Waals surface area contributed by atoms with Gasteiger partial charge in [0, 0.05) is 26.2 Å². The first kappa shape index (κ1) is 19.9. The molecule has 8 nitrogen and oxygen atoms in total. The van der Waals surface area contributed by atoms with Gasteiger partial charge in [0.1, 0.15) is 6.04 Å². The van der Waals surface area contributed by atoms with Crippen molar-refractivity contribution in [3.05, 3.63) is 35.4 Å². The lowest BCUT2D eigenvalue weighted by Gasteiger charge is -2.33. The molecule has 0 aromatic heterocycles. The predicted octanol–water partition coefficient (Wildman–Crippen LogP) is 1.61. The van der Waals surface area contributed by atoms with Crippen LogP contribution in [0.2, 0.25) is 0 Å². The molecule has 1 fully saturated rings. The average Bonchev–Trinajstić information content (AvgIpc) is 2.87. The van der Waals surface area contributed by atoms with Crippen molar-refractivity contribution in [3.8, 4) is 0 Å². The zero-order valence-electron chi connectivity index (χ0n) is 16.4. The quantitative estimate of drug-likeness (QED) is 0.736. The molecule has 4 amide bonds. The number of ether oxygens (including phenoxy) is 1. The average molecular weight is 387 g/mol. The van der Waals surface area contributed by atoms with E-state index >= 15 is 0 Å². The van der Waals surface area contributed by atoms with Gasteiger partial charge < -0.3 is 14.5 Å². The Morgan fingerprint density at radius 3 is 2.00 bits per heavy atom. The SMILES string of the molecule is COC(=O)N1CCCN(C(=O)C(C(C)C)N2C(=O)c3ccccc3C2=O)CC1. The molecule has 0 saturated carbocycles. The van der Waals surface area contributed by atoms with Crippen molar-refractivity contribution in [3.63, 3.8) is 0 Å². The molecule has 0 spiro atoms. The number of hydrogen-bond donors (Lipinski definition) is 0. The van der Waals surface area contributed by atoms with Gasteiger partial charge in [-0.1, -0.05) is 26.0 Å². The third-order valence-electron chi connectivity index (χ3n) is 5.23. The Labute approximate surface area is 164 Å². The standard InChI is InChI=1S/C20H25N3O5/c1-13(2)16(23-17(24)14-7-4-5-8-15(14)18(23)25)19(26)21-9-6-10-22(12-11-21)20(27)28-3/h4-5,7-8,13,16H,6,9-12H2,1-3H3. The number of amides is 4. The van der Waals surface area contributed by atoms with E-state index in [9.17, 15) is 19.2 Å². The van der Waals surface area contributed by atoms with Crippen LogP contribution in [0.4, 0.5) is 4.79 Å². The minimum absolute atomic E-state index is 0.241. The van der Waals surface area contributed by atoms with Gasteiger partial charge in [-0.2, -0.15) is 0 Å². The summed E-state index contributed by atoms with van der Waals surface area (Å²) in [6, 6.07) is 5.75. The Kier molecular flexibility index (Phi) is 5.67. The molecule has 1 aromatic carbocycles. The van der Waals surface area contributed by atoms with E-state index in [4.69, 9.17) is 4.74 Å². The van der Waals surface area contributed by atoms with Crippen molar-refractivity contribution < 1.29 is 23.9 Å². The van der Waals surface area contributed by atoms with E-state index in [0.29, 0.717) is 43.7 Å². The van der Waals surface area contributed by atoms with Crippen LogP contribution in [0.1, 0.15) is 41.0 Å². The Hall–Kier alpha value is -2.90. The molecule has 2 aliphatic rings. The molecule has 0 N–H and O–H groups in total. The summed E-state index contributed by atoms with van der Waals surface area (Å²) in [4.78, 5) is 55.1. The lowest BCUT2D eigenvalue weighted by Crippen LogP contribution is -2.54. The number of fused-ring (bicyclic) bond motifs is 1. The predicted molar refractivity (Wildman–Crippen MR) is 101 cm³/mol. The third kappa shape index (κ3) is 3.46. The number of benzene rings is 1. The highest BCUT2D eigenvalue weighted by molar-refractivity contribution is 6.22. The molecule has 28 heavy (non-hydrogen) atoms. The van der Waals surface area contributed by atoms with E-state index < -0.39 is 23.9 Å². The van der Waals surface area contributed by atoms with E-state index in [-0.39, 0.29) is 11.8 Å². The normalized spacial score (nSPS) is 18.2. The Balaban J connectivity index is 1.82. The van der Waals surface area contributed by atoms with Crippen molar-refractivity contribution in [2.75, 3.05) is 33.3 Å². The molecule has 0 aliphatic carbocycles. The molecule has 1 saturated heterocycles. The summed E-state index contributed by atoms with van der Waals surface area (Å²) in [6.07, 6.45) is 0.184.